The van der Waals surface area contributed by atoms with Crippen LogP contribution in [0.5, 0.6) is 11.5 Å². The van der Waals surface area contributed by atoms with E-state index in [1.807, 2.05) is 43.3 Å². The number of ether oxygens (including phenoxy) is 2. The van der Waals surface area contributed by atoms with Gasteiger partial charge in [-0.3, -0.25) is 25.2 Å². The molecule has 1 unspecified atom stereocenters. The number of hydrogen-bond acceptors (Lipinski definition) is 5. The van der Waals surface area contributed by atoms with Crippen molar-refractivity contribution in [2.45, 2.75) is 20.0 Å². The molecule has 166 valence electrons. The molecule has 0 aromatic heterocycles. The first-order chi connectivity index (χ1) is 15.5. The maximum absolute atomic E-state index is 12.3. The summed E-state index contributed by atoms with van der Waals surface area (Å²) in [6, 6.07) is 20.1. The van der Waals surface area contributed by atoms with Crippen LogP contribution in [-0.2, 0) is 9.59 Å². The monoisotopic (exact) mass is 435 g/mol. The molecule has 0 radical (unpaired) electrons. The van der Waals surface area contributed by atoms with Crippen LogP contribution in [0.2, 0.25) is 0 Å². The molecule has 3 aromatic carbocycles. The second-order valence-electron chi connectivity index (χ2n) is 6.92. The maximum atomic E-state index is 12.3. The Labute approximate surface area is 185 Å². The summed E-state index contributed by atoms with van der Waals surface area (Å²) in [4.78, 5) is 36.6. The van der Waals surface area contributed by atoms with Gasteiger partial charge in [-0.05, 0) is 48.9 Å². The van der Waals surface area contributed by atoms with E-state index in [0.717, 1.165) is 10.8 Å². The van der Waals surface area contributed by atoms with E-state index < -0.39 is 23.8 Å². The highest BCUT2D eigenvalue weighted by Gasteiger charge is 2.17. The van der Waals surface area contributed by atoms with Gasteiger partial charge in [0.15, 0.2) is 6.10 Å². The zero-order valence-corrected chi connectivity index (χ0v) is 17.9. The number of carbonyl (C=O) groups excluding carboxylic acids is 3. The minimum atomic E-state index is -0.843. The van der Waals surface area contributed by atoms with Gasteiger partial charge in [0.05, 0.1) is 18.7 Å². The van der Waals surface area contributed by atoms with Crippen molar-refractivity contribution in [3.8, 4) is 11.5 Å². The molecule has 8 nitrogen and oxygen atoms in total. The van der Waals surface area contributed by atoms with Gasteiger partial charge in [-0.15, -0.1) is 0 Å². The van der Waals surface area contributed by atoms with E-state index in [4.69, 9.17) is 9.47 Å². The number of amides is 3. The summed E-state index contributed by atoms with van der Waals surface area (Å²) in [6.07, 6.45) is -0.843. The number of benzene rings is 3. The third-order valence-electron chi connectivity index (χ3n) is 4.57. The molecule has 0 saturated heterocycles. The van der Waals surface area contributed by atoms with Crippen LogP contribution < -0.4 is 25.6 Å². The number of para-hydroxylation sites is 1. The fourth-order valence-electron chi connectivity index (χ4n) is 2.97. The molecule has 0 heterocycles. The second-order valence-corrected chi connectivity index (χ2v) is 6.92. The van der Waals surface area contributed by atoms with Crippen molar-refractivity contribution in [2.24, 2.45) is 0 Å². The van der Waals surface area contributed by atoms with Crippen LogP contribution in [0.1, 0.15) is 24.2 Å². The first kappa shape index (κ1) is 22.6. The molecular weight excluding hydrogens is 410 g/mol. The molecule has 0 bridgehead atoms. The molecule has 0 spiro atoms. The molecule has 0 saturated carbocycles. The number of carbonyl (C=O) groups is 3. The van der Waals surface area contributed by atoms with Crippen molar-refractivity contribution >= 4 is 28.5 Å². The van der Waals surface area contributed by atoms with Crippen LogP contribution in [0, 0.1) is 0 Å². The molecule has 0 aliphatic heterocycles. The molecule has 8 heteroatoms. The Morgan fingerprint density at radius 3 is 2.41 bits per heavy atom. The minimum Gasteiger partial charge on any atom is -0.493 e. The number of nitrogens with one attached hydrogen (secondary N) is 3. The smallest absolute Gasteiger partial charge is 0.279 e. The molecule has 32 heavy (non-hydrogen) atoms. The normalized spacial score (nSPS) is 11.3. The van der Waals surface area contributed by atoms with Crippen LogP contribution >= 0.6 is 0 Å². The Morgan fingerprint density at radius 1 is 0.906 bits per heavy atom. The molecule has 3 rings (SSSR count). The van der Waals surface area contributed by atoms with E-state index in [-0.39, 0.29) is 6.54 Å². The van der Waals surface area contributed by atoms with Gasteiger partial charge < -0.3 is 14.8 Å². The quantitative estimate of drug-likeness (QED) is 0.472. The predicted octanol–water partition coefficient (Wildman–Crippen LogP) is 2.58. The highest BCUT2D eigenvalue weighted by molar-refractivity contribution is 5.99. The van der Waals surface area contributed by atoms with Gasteiger partial charge >= 0.3 is 0 Å². The summed E-state index contributed by atoms with van der Waals surface area (Å²) in [5.41, 5.74) is 4.88. The molecule has 3 amide bonds. The first-order valence-corrected chi connectivity index (χ1v) is 10.2. The van der Waals surface area contributed by atoms with Crippen LogP contribution in [0.3, 0.4) is 0 Å². The molecule has 0 aliphatic carbocycles. The zero-order chi connectivity index (χ0) is 22.9. The Kier molecular flexibility index (Phi) is 7.64. The Bertz CT molecular complexity index is 1120. The maximum Gasteiger partial charge on any atom is 0.279 e. The van der Waals surface area contributed by atoms with Crippen LogP contribution in [-0.4, -0.2) is 37.0 Å². The number of hydrazine groups is 1. The third kappa shape index (κ3) is 5.98. The summed E-state index contributed by atoms with van der Waals surface area (Å²) in [7, 11) is 0. The van der Waals surface area contributed by atoms with Crippen LogP contribution in [0.4, 0.5) is 0 Å². The number of rotatable bonds is 8. The molecular formula is C24H25N3O5. The lowest BCUT2D eigenvalue weighted by molar-refractivity contribution is -0.132. The van der Waals surface area contributed by atoms with Gasteiger partial charge in [-0.2, -0.15) is 0 Å². The second kappa shape index (κ2) is 10.8. The van der Waals surface area contributed by atoms with Crippen molar-refractivity contribution in [3.05, 3.63) is 72.3 Å². The fourth-order valence-corrected chi connectivity index (χ4v) is 2.97. The standard InChI is InChI=1S/C24H25N3O5/c1-3-31-21-11-7-6-10-20(21)24(30)25-15-22(28)26-27-23(29)16(2)32-19-13-12-17-8-4-5-9-18(17)14-19/h4-14,16H,3,15H2,1-2H3,(H,25,30)(H,26,28)(H,27,29). The molecule has 0 fully saturated rings. The minimum absolute atomic E-state index is 0.320. The summed E-state index contributed by atoms with van der Waals surface area (Å²) in [5.74, 6) is -0.597. The Balaban J connectivity index is 1.45. The molecule has 1 atom stereocenters. The number of fused-ring (bicyclic) bond motifs is 1. The van der Waals surface area contributed by atoms with E-state index in [0.29, 0.717) is 23.7 Å². The van der Waals surface area contributed by atoms with Gasteiger partial charge in [0.25, 0.3) is 17.7 Å². The van der Waals surface area contributed by atoms with Crippen molar-refractivity contribution in [1.82, 2.24) is 16.2 Å². The van der Waals surface area contributed by atoms with Crippen molar-refractivity contribution in [2.75, 3.05) is 13.2 Å². The highest BCUT2D eigenvalue weighted by Crippen LogP contribution is 2.21. The summed E-state index contributed by atoms with van der Waals surface area (Å²) >= 11 is 0. The lowest BCUT2D eigenvalue weighted by Gasteiger charge is -2.16. The van der Waals surface area contributed by atoms with Gasteiger partial charge in [0.2, 0.25) is 0 Å². The summed E-state index contributed by atoms with van der Waals surface area (Å²) in [6.45, 7) is 3.48. The summed E-state index contributed by atoms with van der Waals surface area (Å²) < 4.78 is 11.1. The first-order valence-electron chi connectivity index (χ1n) is 10.2. The fraction of sp³-hybridized carbons (Fsp3) is 0.208. The van der Waals surface area contributed by atoms with Gasteiger partial charge in [0.1, 0.15) is 11.5 Å². The van der Waals surface area contributed by atoms with Crippen molar-refractivity contribution < 1.29 is 23.9 Å². The topological polar surface area (TPSA) is 106 Å². The van der Waals surface area contributed by atoms with Gasteiger partial charge in [-0.25, -0.2) is 0 Å². The SMILES string of the molecule is CCOc1ccccc1C(=O)NCC(=O)NNC(=O)C(C)Oc1ccc2ccccc2c1. The van der Waals surface area contributed by atoms with Gasteiger partial charge in [-0.1, -0.05) is 42.5 Å². The van der Waals surface area contributed by atoms with E-state index >= 15 is 0 Å². The summed E-state index contributed by atoms with van der Waals surface area (Å²) in [5, 5.41) is 4.55. The Morgan fingerprint density at radius 2 is 1.62 bits per heavy atom. The Hall–Kier alpha value is -4.07. The molecule has 3 N–H and O–H groups in total. The van der Waals surface area contributed by atoms with Crippen LogP contribution in [0.15, 0.2) is 66.7 Å². The van der Waals surface area contributed by atoms with Gasteiger partial charge in [0, 0.05) is 0 Å². The third-order valence-corrected chi connectivity index (χ3v) is 4.57. The van der Waals surface area contributed by atoms with E-state index in [1.165, 1.54) is 0 Å². The average Bonchev–Trinajstić information content (AvgIpc) is 2.81. The van der Waals surface area contributed by atoms with Crippen molar-refractivity contribution in [3.63, 3.8) is 0 Å². The lowest BCUT2D eigenvalue weighted by atomic mass is 10.1. The average molecular weight is 435 g/mol. The lowest BCUT2D eigenvalue weighted by Crippen LogP contribution is -2.50. The van der Waals surface area contributed by atoms with E-state index in [2.05, 4.69) is 16.2 Å². The number of hydrogen-bond donors (Lipinski definition) is 3. The predicted molar refractivity (Wildman–Crippen MR) is 120 cm³/mol. The molecule has 3 aromatic rings. The van der Waals surface area contributed by atoms with E-state index in [1.54, 1.807) is 37.3 Å². The van der Waals surface area contributed by atoms with Crippen molar-refractivity contribution in [1.29, 1.82) is 0 Å². The highest BCUT2D eigenvalue weighted by atomic mass is 16.5. The van der Waals surface area contributed by atoms with E-state index in [9.17, 15) is 14.4 Å². The molecule has 0 aliphatic rings. The van der Waals surface area contributed by atoms with Crippen LogP contribution in [0.25, 0.3) is 10.8 Å². The zero-order valence-electron chi connectivity index (χ0n) is 17.9. The largest absolute Gasteiger partial charge is 0.493 e.